The van der Waals surface area contributed by atoms with Crippen LogP contribution in [0.1, 0.15) is 0 Å². The van der Waals surface area contributed by atoms with E-state index in [1.807, 2.05) is 60.7 Å². The lowest BCUT2D eigenvalue weighted by atomic mass is 10.0. The Kier molecular flexibility index (Phi) is 6.83. The van der Waals surface area contributed by atoms with Gasteiger partial charge in [0.15, 0.2) is 23.1 Å². The van der Waals surface area contributed by atoms with E-state index in [9.17, 15) is 0 Å². The maximum atomic E-state index is 6.89. The number of aromatic nitrogens is 4. The fraction of sp³-hybridized carbons (Fsp3) is 0. The molecule has 4 heterocycles. The Hall–Kier alpha value is -7.83. The molecule has 0 amide bonds. The van der Waals surface area contributed by atoms with Gasteiger partial charge in [-0.1, -0.05) is 133 Å². The lowest BCUT2D eigenvalue weighted by Crippen LogP contribution is -2.01. The lowest BCUT2D eigenvalue weighted by molar-refractivity contribution is 0.666. The van der Waals surface area contributed by atoms with E-state index in [0.717, 1.165) is 99.2 Å². The Morgan fingerprint density at radius 2 is 0.947 bits per heavy atom. The molecule has 0 spiro atoms. The van der Waals surface area contributed by atoms with E-state index >= 15 is 0 Å². The second-order valence-corrected chi connectivity index (χ2v) is 14.3. The molecular weight excluding hydrogens is 701 g/mol. The van der Waals surface area contributed by atoms with Gasteiger partial charge in [0, 0.05) is 49.0 Å². The zero-order chi connectivity index (χ0) is 37.5. The minimum absolute atomic E-state index is 0.570. The molecule has 12 rings (SSSR count). The second kappa shape index (κ2) is 12.3. The van der Waals surface area contributed by atoms with E-state index in [2.05, 4.69) is 126 Å². The van der Waals surface area contributed by atoms with Crippen LogP contribution in [0.5, 0.6) is 0 Å². The smallest absolute Gasteiger partial charge is 0.164 e. The third-order valence-corrected chi connectivity index (χ3v) is 11.1. The third-order valence-electron chi connectivity index (χ3n) is 11.1. The van der Waals surface area contributed by atoms with Gasteiger partial charge >= 0.3 is 0 Å². The SMILES string of the molecule is c1ccc(-c2cccc(-c3nc(-c4ccccc4)nc(-c4ccc(-n5c6ccccc6c6c7c(ccc65)oc5ccccc57)c5oc6ccccc6c45)n3)c2)cc1. The first-order chi connectivity index (χ1) is 28.3. The zero-order valence-corrected chi connectivity index (χ0v) is 30.4. The van der Waals surface area contributed by atoms with Gasteiger partial charge in [-0.05, 0) is 59.7 Å². The molecule has 0 fully saturated rings. The van der Waals surface area contributed by atoms with Crippen LogP contribution in [0.15, 0.2) is 191 Å². The molecule has 0 saturated heterocycles. The number of hydrogen-bond acceptors (Lipinski definition) is 5. The Morgan fingerprint density at radius 1 is 0.351 bits per heavy atom. The molecular formula is C51H30N4O2. The first-order valence-electron chi connectivity index (χ1n) is 19.0. The third kappa shape index (κ3) is 4.87. The number of furan rings is 2. The van der Waals surface area contributed by atoms with Gasteiger partial charge in [-0.2, -0.15) is 0 Å². The van der Waals surface area contributed by atoms with Gasteiger partial charge in [0.1, 0.15) is 16.7 Å². The van der Waals surface area contributed by atoms with Gasteiger partial charge in [0.25, 0.3) is 0 Å². The summed E-state index contributed by atoms with van der Waals surface area (Å²) in [4.78, 5) is 15.5. The summed E-state index contributed by atoms with van der Waals surface area (Å²) in [6, 6.07) is 62.5. The molecule has 57 heavy (non-hydrogen) atoms. The molecule has 0 saturated carbocycles. The van der Waals surface area contributed by atoms with E-state index in [1.165, 1.54) is 0 Å². The van der Waals surface area contributed by atoms with Gasteiger partial charge < -0.3 is 13.4 Å². The summed E-state index contributed by atoms with van der Waals surface area (Å²) < 4.78 is 15.6. The average molecular weight is 731 g/mol. The summed E-state index contributed by atoms with van der Waals surface area (Å²) in [5.41, 5.74) is 11.3. The highest BCUT2D eigenvalue weighted by molar-refractivity contribution is 6.28. The Balaban J connectivity index is 1.14. The molecule has 0 aliphatic rings. The van der Waals surface area contributed by atoms with Gasteiger partial charge in [0.05, 0.1) is 16.7 Å². The molecule has 4 aromatic heterocycles. The van der Waals surface area contributed by atoms with Crippen LogP contribution < -0.4 is 0 Å². The minimum atomic E-state index is 0.570. The second-order valence-electron chi connectivity index (χ2n) is 14.3. The van der Waals surface area contributed by atoms with E-state index in [1.54, 1.807) is 0 Å². The van der Waals surface area contributed by atoms with Crippen LogP contribution in [0.2, 0.25) is 0 Å². The molecule has 0 radical (unpaired) electrons. The van der Waals surface area contributed by atoms with Crippen molar-refractivity contribution in [3.63, 3.8) is 0 Å². The van der Waals surface area contributed by atoms with Gasteiger partial charge in [-0.25, -0.2) is 15.0 Å². The predicted molar refractivity (Wildman–Crippen MR) is 230 cm³/mol. The molecule has 0 unspecified atom stereocenters. The molecule has 0 aliphatic heterocycles. The topological polar surface area (TPSA) is 69.9 Å². The summed E-state index contributed by atoms with van der Waals surface area (Å²) in [5.74, 6) is 1.77. The van der Waals surface area contributed by atoms with Crippen LogP contribution in [0.25, 0.3) is 117 Å². The van der Waals surface area contributed by atoms with Gasteiger partial charge in [-0.15, -0.1) is 0 Å². The van der Waals surface area contributed by atoms with E-state index in [4.69, 9.17) is 23.8 Å². The van der Waals surface area contributed by atoms with Crippen molar-refractivity contribution in [1.29, 1.82) is 0 Å². The molecule has 6 heteroatoms. The standard InChI is InChI=1S/C51H30N4O2/c1-3-14-31(15-4-1)33-18-13-19-34(30-33)50-52-49(32-16-5-2-6-17-32)53-51(54-50)38-26-27-41(48-45(38)36-21-8-12-25-43(36)57-48)55-39-23-10-7-20-35(39)46-40(55)28-29-44-47(46)37-22-9-11-24-42(37)56-44/h1-30H. The summed E-state index contributed by atoms with van der Waals surface area (Å²) >= 11 is 0. The molecule has 0 atom stereocenters. The van der Waals surface area contributed by atoms with Crippen molar-refractivity contribution in [2.24, 2.45) is 0 Å². The molecule has 6 nitrogen and oxygen atoms in total. The summed E-state index contributed by atoms with van der Waals surface area (Å²) in [5, 5.41) is 6.43. The molecule has 8 aromatic carbocycles. The monoisotopic (exact) mass is 730 g/mol. The van der Waals surface area contributed by atoms with Crippen LogP contribution in [0.3, 0.4) is 0 Å². The van der Waals surface area contributed by atoms with Crippen molar-refractivity contribution in [1.82, 2.24) is 19.5 Å². The fourth-order valence-corrected chi connectivity index (χ4v) is 8.52. The Labute approximate surface area is 325 Å². The molecule has 0 bridgehead atoms. The molecule has 0 aliphatic carbocycles. The van der Waals surface area contributed by atoms with Crippen molar-refractivity contribution in [3.05, 3.63) is 182 Å². The normalized spacial score (nSPS) is 11.9. The zero-order valence-electron chi connectivity index (χ0n) is 30.4. The number of benzene rings is 8. The highest BCUT2D eigenvalue weighted by Crippen LogP contribution is 2.45. The number of nitrogens with zero attached hydrogens (tertiary/aromatic N) is 4. The number of hydrogen-bond donors (Lipinski definition) is 0. The Morgan fingerprint density at radius 3 is 1.74 bits per heavy atom. The van der Waals surface area contributed by atoms with Crippen LogP contribution in [0, 0.1) is 0 Å². The van der Waals surface area contributed by atoms with E-state index < -0.39 is 0 Å². The maximum absolute atomic E-state index is 6.89. The van der Waals surface area contributed by atoms with Crippen molar-refractivity contribution < 1.29 is 8.83 Å². The highest BCUT2D eigenvalue weighted by atomic mass is 16.3. The van der Waals surface area contributed by atoms with Gasteiger partial charge in [0.2, 0.25) is 0 Å². The first-order valence-corrected chi connectivity index (χ1v) is 19.0. The van der Waals surface area contributed by atoms with Crippen molar-refractivity contribution in [2.75, 3.05) is 0 Å². The minimum Gasteiger partial charge on any atom is -0.456 e. The van der Waals surface area contributed by atoms with Crippen LogP contribution in [-0.4, -0.2) is 19.5 Å². The van der Waals surface area contributed by atoms with Gasteiger partial charge in [-0.3, -0.25) is 0 Å². The summed E-state index contributed by atoms with van der Waals surface area (Å²) in [7, 11) is 0. The van der Waals surface area contributed by atoms with E-state index in [0.29, 0.717) is 17.5 Å². The Bertz CT molecular complexity index is 3530. The number of para-hydroxylation sites is 3. The molecule has 0 N–H and O–H groups in total. The fourth-order valence-electron chi connectivity index (χ4n) is 8.52. The highest BCUT2D eigenvalue weighted by Gasteiger charge is 2.24. The first kappa shape index (κ1) is 31.5. The van der Waals surface area contributed by atoms with Crippen molar-refractivity contribution in [3.8, 4) is 51.0 Å². The van der Waals surface area contributed by atoms with Crippen LogP contribution >= 0.6 is 0 Å². The number of fused-ring (bicyclic) bond motifs is 10. The maximum Gasteiger partial charge on any atom is 0.164 e. The van der Waals surface area contributed by atoms with Crippen LogP contribution in [0.4, 0.5) is 0 Å². The lowest BCUT2D eigenvalue weighted by Gasteiger charge is -2.13. The predicted octanol–water partition coefficient (Wildman–Crippen LogP) is 13.4. The summed E-state index contributed by atoms with van der Waals surface area (Å²) in [6.07, 6.45) is 0. The largest absolute Gasteiger partial charge is 0.456 e. The molecule has 12 aromatic rings. The number of rotatable bonds is 5. The quantitative estimate of drug-likeness (QED) is 0.176. The molecule has 266 valence electrons. The van der Waals surface area contributed by atoms with Crippen molar-refractivity contribution in [2.45, 2.75) is 0 Å². The average Bonchev–Trinajstić information content (AvgIpc) is 3.97. The summed E-state index contributed by atoms with van der Waals surface area (Å²) in [6.45, 7) is 0. The van der Waals surface area contributed by atoms with Crippen molar-refractivity contribution >= 4 is 65.7 Å². The van der Waals surface area contributed by atoms with Crippen LogP contribution in [-0.2, 0) is 0 Å². The van der Waals surface area contributed by atoms with E-state index in [-0.39, 0.29) is 0 Å².